The zero-order valence-electron chi connectivity index (χ0n) is 8.59. The van der Waals surface area contributed by atoms with Gasteiger partial charge in [0.1, 0.15) is 0 Å². The van der Waals surface area contributed by atoms with Crippen LogP contribution in [-0.2, 0) is 5.41 Å². The SMILES string of the molecule is C[C@@H]1CNc2ccccc2C1(C)C. The van der Waals surface area contributed by atoms with Crippen molar-refractivity contribution in [2.24, 2.45) is 5.92 Å². The molecule has 0 saturated carbocycles. The molecule has 70 valence electrons. The quantitative estimate of drug-likeness (QED) is 0.639. The Bertz CT molecular complexity index is 315. The first kappa shape index (κ1) is 8.61. The molecule has 0 unspecified atom stereocenters. The summed E-state index contributed by atoms with van der Waals surface area (Å²) in [5, 5.41) is 3.47. The number of rotatable bonds is 0. The van der Waals surface area contributed by atoms with E-state index in [9.17, 15) is 0 Å². The van der Waals surface area contributed by atoms with Gasteiger partial charge in [0.25, 0.3) is 0 Å². The Hall–Kier alpha value is -0.980. The molecule has 0 bridgehead atoms. The number of hydrogen-bond donors (Lipinski definition) is 1. The van der Waals surface area contributed by atoms with Gasteiger partial charge in [0, 0.05) is 12.2 Å². The summed E-state index contributed by atoms with van der Waals surface area (Å²) in [7, 11) is 0. The summed E-state index contributed by atoms with van der Waals surface area (Å²) in [6.45, 7) is 8.06. The van der Waals surface area contributed by atoms with E-state index >= 15 is 0 Å². The fourth-order valence-electron chi connectivity index (χ4n) is 1.98. The molecule has 13 heavy (non-hydrogen) atoms. The topological polar surface area (TPSA) is 12.0 Å². The molecule has 0 spiro atoms. The van der Waals surface area contributed by atoms with Gasteiger partial charge in [0.15, 0.2) is 0 Å². The summed E-state index contributed by atoms with van der Waals surface area (Å²) in [6.07, 6.45) is 0. The lowest BCUT2D eigenvalue weighted by Crippen LogP contribution is -2.36. The average molecular weight is 175 g/mol. The van der Waals surface area contributed by atoms with Crippen LogP contribution in [0.2, 0.25) is 0 Å². The van der Waals surface area contributed by atoms with Crippen molar-refractivity contribution in [3.8, 4) is 0 Å². The van der Waals surface area contributed by atoms with Crippen LogP contribution in [0.15, 0.2) is 24.3 Å². The van der Waals surface area contributed by atoms with Crippen LogP contribution >= 0.6 is 0 Å². The molecule has 0 saturated heterocycles. The minimum atomic E-state index is 0.307. The number of nitrogens with one attached hydrogen (secondary N) is 1. The zero-order chi connectivity index (χ0) is 9.47. The number of para-hydroxylation sites is 1. The standard InChI is InChI=1S/C12H17N/c1-9-8-13-11-7-5-4-6-10(11)12(9,2)3/h4-7,9,13H,8H2,1-3H3/t9-/m1/s1. The normalized spacial score (nSPS) is 24.7. The van der Waals surface area contributed by atoms with Crippen LogP contribution in [0.1, 0.15) is 26.3 Å². The van der Waals surface area contributed by atoms with Crippen molar-refractivity contribution in [3.63, 3.8) is 0 Å². The third kappa shape index (κ3) is 1.23. The Kier molecular flexibility index (Phi) is 1.83. The monoisotopic (exact) mass is 175 g/mol. The molecule has 2 rings (SSSR count). The van der Waals surface area contributed by atoms with E-state index in [1.807, 2.05) is 0 Å². The van der Waals surface area contributed by atoms with E-state index in [-0.39, 0.29) is 0 Å². The smallest absolute Gasteiger partial charge is 0.0378 e. The van der Waals surface area contributed by atoms with Gasteiger partial charge in [-0.15, -0.1) is 0 Å². The number of benzene rings is 1. The van der Waals surface area contributed by atoms with Crippen molar-refractivity contribution >= 4 is 5.69 Å². The molecule has 0 radical (unpaired) electrons. The molecular formula is C12H17N. The van der Waals surface area contributed by atoms with Crippen LogP contribution in [0.25, 0.3) is 0 Å². The van der Waals surface area contributed by atoms with Crippen LogP contribution in [-0.4, -0.2) is 6.54 Å². The van der Waals surface area contributed by atoms with E-state index in [2.05, 4.69) is 50.4 Å². The summed E-state index contributed by atoms with van der Waals surface area (Å²) in [4.78, 5) is 0. The molecule has 1 aliphatic heterocycles. The largest absolute Gasteiger partial charge is 0.385 e. The summed E-state index contributed by atoms with van der Waals surface area (Å²) < 4.78 is 0. The predicted octanol–water partition coefficient (Wildman–Crippen LogP) is 3.03. The molecule has 0 aromatic heterocycles. The molecule has 1 aliphatic rings. The highest BCUT2D eigenvalue weighted by atomic mass is 14.9. The molecule has 1 nitrogen and oxygen atoms in total. The van der Waals surface area contributed by atoms with Gasteiger partial charge in [0.2, 0.25) is 0 Å². The Morgan fingerprint density at radius 3 is 2.77 bits per heavy atom. The fraction of sp³-hybridized carbons (Fsp3) is 0.500. The minimum absolute atomic E-state index is 0.307. The summed E-state index contributed by atoms with van der Waals surface area (Å²) in [6, 6.07) is 8.62. The van der Waals surface area contributed by atoms with Gasteiger partial charge < -0.3 is 5.32 Å². The highest BCUT2D eigenvalue weighted by Gasteiger charge is 2.32. The molecule has 1 N–H and O–H groups in total. The highest BCUT2D eigenvalue weighted by Crippen LogP contribution is 2.39. The van der Waals surface area contributed by atoms with Crippen LogP contribution in [0.4, 0.5) is 5.69 Å². The second kappa shape index (κ2) is 2.76. The molecule has 1 heteroatoms. The van der Waals surface area contributed by atoms with E-state index < -0.39 is 0 Å². The number of anilines is 1. The van der Waals surface area contributed by atoms with Crippen LogP contribution in [0.3, 0.4) is 0 Å². The molecule has 1 heterocycles. The van der Waals surface area contributed by atoms with E-state index in [1.54, 1.807) is 0 Å². The van der Waals surface area contributed by atoms with Gasteiger partial charge >= 0.3 is 0 Å². The van der Waals surface area contributed by atoms with E-state index in [0.29, 0.717) is 11.3 Å². The first-order chi connectivity index (χ1) is 6.12. The molecule has 1 atom stereocenters. The lowest BCUT2D eigenvalue weighted by Gasteiger charge is -2.39. The molecule has 1 aromatic carbocycles. The van der Waals surface area contributed by atoms with Gasteiger partial charge in [-0.2, -0.15) is 0 Å². The van der Waals surface area contributed by atoms with Crippen LogP contribution in [0, 0.1) is 5.92 Å². The van der Waals surface area contributed by atoms with Gasteiger partial charge in [0.05, 0.1) is 0 Å². The van der Waals surface area contributed by atoms with Crippen LogP contribution < -0.4 is 5.32 Å². The number of hydrogen-bond acceptors (Lipinski definition) is 1. The maximum absolute atomic E-state index is 3.47. The summed E-state index contributed by atoms with van der Waals surface area (Å²) in [5.74, 6) is 0.697. The zero-order valence-corrected chi connectivity index (χ0v) is 8.59. The molecule has 1 aromatic rings. The Labute approximate surface area is 80.2 Å². The number of fused-ring (bicyclic) bond motifs is 1. The van der Waals surface area contributed by atoms with Crippen molar-refractivity contribution in [1.82, 2.24) is 0 Å². The Morgan fingerprint density at radius 1 is 1.31 bits per heavy atom. The van der Waals surface area contributed by atoms with Crippen molar-refractivity contribution in [3.05, 3.63) is 29.8 Å². The van der Waals surface area contributed by atoms with Gasteiger partial charge in [-0.1, -0.05) is 39.0 Å². The van der Waals surface area contributed by atoms with E-state index in [1.165, 1.54) is 11.3 Å². The van der Waals surface area contributed by atoms with Gasteiger partial charge in [-0.05, 0) is 23.0 Å². The highest BCUT2D eigenvalue weighted by molar-refractivity contribution is 5.56. The van der Waals surface area contributed by atoms with Crippen molar-refractivity contribution < 1.29 is 0 Å². The Balaban J connectivity index is 2.52. The third-order valence-corrected chi connectivity index (χ3v) is 3.45. The van der Waals surface area contributed by atoms with Crippen molar-refractivity contribution in [2.45, 2.75) is 26.2 Å². The fourth-order valence-corrected chi connectivity index (χ4v) is 1.98. The molecule has 0 amide bonds. The maximum Gasteiger partial charge on any atom is 0.0378 e. The lowest BCUT2D eigenvalue weighted by atomic mass is 9.71. The first-order valence-electron chi connectivity index (χ1n) is 4.96. The average Bonchev–Trinajstić information content (AvgIpc) is 2.13. The first-order valence-corrected chi connectivity index (χ1v) is 4.96. The molecule has 0 aliphatic carbocycles. The van der Waals surface area contributed by atoms with Gasteiger partial charge in [-0.3, -0.25) is 0 Å². The van der Waals surface area contributed by atoms with Crippen molar-refractivity contribution in [1.29, 1.82) is 0 Å². The predicted molar refractivity (Wildman–Crippen MR) is 57.1 cm³/mol. The lowest BCUT2D eigenvalue weighted by molar-refractivity contribution is 0.349. The molecule has 0 fully saturated rings. The summed E-state index contributed by atoms with van der Waals surface area (Å²) in [5.41, 5.74) is 3.07. The van der Waals surface area contributed by atoms with Crippen LogP contribution in [0.5, 0.6) is 0 Å². The Morgan fingerprint density at radius 2 is 2.00 bits per heavy atom. The second-order valence-corrected chi connectivity index (χ2v) is 4.55. The van der Waals surface area contributed by atoms with Crippen molar-refractivity contribution in [2.75, 3.05) is 11.9 Å². The van der Waals surface area contributed by atoms with E-state index in [0.717, 1.165) is 6.54 Å². The van der Waals surface area contributed by atoms with E-state index in [4.69, 9.17) is 0 Å². The third-order valence-electron chi connectivity index (χ3n) is 3.45. The second-order valence-electron chi connectivity index (χ2n) is 4.55. The molecular weight excluding hydrogens is 158 g/mol. The minimum Gasteiger partial charge on any atom is -0.385 e. The van der Waals surface area contributed by atoms with Gasteiger partial charge in [-0.25, -0.2) is 0 Å². The maximum atomic E-state index is 3.47. The summed E-state index contributed by atoms with van der Waals surface area (Å²) >= 11 is 0.